The Kier molecular flexibility index (Phi) is 4.79. The molecule has 6 heteroatoms. The molecule has 1 fully saturated rings. The number of benzene rings is 2. The number of aryl methyl sites for hydroxylation is 1. The largest absolute Gasteiger partial charge is 0.329 e. The van der Waals surface area contributed by atoms with Gasteiger partial charge in [0.1, 0.15) is 0 Å². The van der Waals surface area contributed by atoms with Gasteiger partial charge in [0.05, 0.1) is 13.1 Å². The lowest BCUT2D eigenvalue weighted by molar-refractivity contribution is -0.125. The Balaban J connectivity index is 1.68. The molecule has 6 nitrogen and oxygen atoms in total. The highest BCUT2D eigenvalue weighted by molar-refractivity contribution is 6.04. The summed E-state index contributed by atoms with van der Waals surface area (Å²) in [7, 11) is 0. The number of rotatable bonds is 5. The molecule has 0 bridgehead atoms. The van der Waals surface area contributed by atoms with E-state index in [1.807, 2.05) is 31.2 Å². The molecule has 0 unspecified atom stereocenters. The zero-order valence-corrected chi connectivity index (χ0v) is 13.9. The van der Waals surface area contributed by atoms with Gasteiger partial charge >= 0.3 is 6.03 Å². The lowest BCUT2D eigenvalue weighted by atomic mass is 10.1. The van der Waals surface area contributed by atoms with Crippen LogP contribution in [0.2, 0.25) is 0 Å². The van der Waals surface area contributed by atoms with Gasteiger partial charge in [-0.15, -0.1) is 0 Å². The molecule has 2 aromatic carbocycles. The second-order valence-electron chi connectivity index (χ2n) is 5.80. The minimum absolute atomic E-state index is 0.0379. The monoisotopic (exact) mass is 337 g/mol. The number of amides is 4. The summed E-state index contributed by atoms with van der Waals surface area (Å²) in [6.45, 7) is 2.27. The number of hydrogen-bond donors (Lipinski definition) is 2. The summed E-state index contributed by atoms with van der Waals surface area (Å²) in [6.07, 6.45) is 0.835. The fourth-order valence-corrected chi connectivity index (χ4v) is 2.70. The molecular weight excluding hydrogens is 318 g/mol. The average molecular weight is 337 g/mol. The van der Waals surface area contributed by atoms with E-state index in [9.17, 15) is 14.4 Å². The van der Waals surface area contributed by atoms with E-state index in [-0.39, 0.29) is 30.9 Å². The third-order valence-corrected chi connectivity index (χ3v) is 4.14. The van der Waals surface area contributed by atoms with Gasteiger partial charge in [0, 0.05) is 11.3 Å². The van der Waals surface area contributed by atoms with Crippen molar-refractivity contribution >= 4 is 23.5 Å². The summed E-state index contributed by atoms with van der Waals surface area (Å²) in [6, 6.07) is 14.2. The van der Waals surface area contributed by atoms with Crippen LogP contribution in [0.5, 0.6) is 0 Å². The lowest BCUT2D eigenvalue weighted by Gasteiger charge is -2.13. The van der Waals surface area contributed by atoms with Crippen molar-refractivity contribution in [2.24, 2.45) is 0 Å². The molecule has 2 aromatic rings. The minimum Gasteiger partial charge on any atom is -0.329 e. The third-order valence-electron chi connectivity index (χ3n) is 4.14. The smallest absolute Gasteiger partial charge is 0.324 e. The number of carbonyl (C=O) groups excluding carboxylic acids is 3. The van der Waals surface area contributed by atoms with E-state index in [2.05, 4.69) is 10.6 Å². The number of anilines is 1. The van der Waals surface area contributed by atoms with Gasteiger partial charge in [0.15, 0.2) is 0 Å². The highest BCUT2D eigenvalue weighted by Crippen LogP contribution is 2.17. The number of para-hydroxylation sites is 1. The Morgan fingerprint density at radius 2 is 1.84 bits per heavy atom. The van der Waals surface area contributed by atoms with E-state index in [4.69, 9.17) is 0 Å². The Labute approximate surface area is 145 Å². The van der Waals surface area contributed by atoms with Crippen LogP contribution < -0.4 is 10.6 Å². The molecule has 1 heterocycles. The maximum Gasteiger partial charge on any atom is 0.324 e. The fraction of sp³-hybridized carbons (Fsp3) is 0.211. The molecule has 1 saturated heterocycles. The molecule has 3 rings (SSSR count). The van der Waals surface area contributed by atoms with Crippen LogP contribution in [-0.2, 0) is 17.8 Å². The molecule has 4 amide bonds. The standard InChI is InChI=1S/C19H19N3O3/c1-2-14-5-3-4-6-16(14)21-18(24)15-9-7-13(8-10-15)12-22-17(23)11-20-19(22)25/h3-10H,2,11-12H2,1H3,(H,20,25)(H,21,24). The molecule has 0 spiro atoms. The van der Waals surface area contributed by atoms with Crippen LogP contribution in [0.15, 0.2) is 48.5 Å². The molecular formula is C19H19N3O3. The molecule has 2 N–H and O–H groups in total. The zero-order valence-electron chi connectivity index (χ0n) is 13.9. The summed E-state index contributed by atoms with van der Waals surface area (Å²) in [5, 5.41) is 5.40. The zero-order chi connectivity index (χ0) is 17.8. The lowest BCUT2D eigenvalue weighted by Crippen LogP contribution is -2.30. The molecule has 25 heavy (non-hydrogen) atoms. The third kappa shape index (κ3) is 3.68. The number of carbonyl (C=O) groups is 3. The first-order valence-electron chi connectivity index (χ1n) is 8.15. The van der Waals surface area contributed by atoms with Crippen LogP contribution in [0.4, 0.5) is 10.5 Å². The summed E-state index contributed by atoms with van der Waals surface area (Å²) in [4.78, 5) is 36.7. The van der Waals surface area contributed by atoms with Gasteiger partial charge in [-0.05, 0) is 35.7 Å². The summed E-state index contributed by atoms with van der Waals surface area (Å²) >= 11 is 0. The van der Waals surface area contributed by atoms with Crippen molar-refractivity contribution in [2.45, 2.75) is 19.9 Å². The van der Waals surface area contributed by atoms with Gasteiger partial charge < -0.3 is 10.6 Å². The van der Waals surface area contributed by atoms with Gasteiger partial charge in [0.2, 0.25) is 5.91 Å². The number of nitrogens with zero attached hydrogens (tertiary/aromatic N) is 1. The quantitative estimate of drug-likeness (QED) is 0.823. The van der Waals surface area contributed by atoms with Crippen molar-refractivity contribution in [2.75, 3.05) is 11.9 Å². The maximum absolute atomic E-state index is 12.4. The van der Waals surface area contributed by atoms with Crippen LogP contribution in [0.25, 0.3) is 0 Å². The molecule has 0 atom stereocenters. The van der Waals surface area contributed by atoms with Gasteiger partial charge in [-0.2, -0.15) is 0 Å². The highest BCUT2D eigenvalue weighted by Gasteiger charge is 2.28. The van der Waals surface area contributed by atoms with E-state index >= 15 is 0 Å². The van der Waals surface area contributed by atoms with Crippen molar-refractivity contribution in [3.63, 3.8) is 0 Å². The first kappa shape index (κ1) is 16.7. The van der Waals surface area contributed by atoms with Crippen molar-refractivity contribution < 1.29 is 14.4 Å². The SMILES string of the molecule is CCc1ccccc1NC(=O)c1ccc(CN2C(=O)CNC2=O)cc1. The molecule has 0 radical (unpaired) electrons. The number of urea groups is 1. The number of imide groups is 1. The highest BCUT2D eigenvalue weighted by atomic mass is 16.2. The van der Waals surface area contributed by atoms with Gasteiger partial charge in [-0.25, -0.2) is 4.79 Å². The van der Waals surface area contributed by atoms with Crippen LogP contribution in [0.1, 0.15) is 28.4 Å². The van der Waals surface area contributed by atoms with E-state index in [1.165, 1.54) is 0 Å². The first-order chi connectivity index (χ1) is 12.1. The Hall–Kier alpha value is -3.15. The Morgan fingerprint density at radius 1 is 1.12 bits per heavy atom. The predicted octanol–water partition coefficient (Wildman–Crippen LogP) is 2.55. The van der Waals surface area contributed by atoms with Crippen LogP contribution in [0, 0.1) is 0 Å². The van der Waals surface area contributed by atoms with E-state index in [0.29, 0.717) is 5.56 Å². The molecule has 0 aromatic heterocycles. The van der Waals surface area contributed by atoms with Crippen molar-refractivity contribution in [1.82, 2.24) is 10.2 Å². The van der Waals surface area contributed by atoms with Gasteiger partial charge in [-0.1, -0.05) is 37.3 Å². The first-order valence-corrected chi connectivity index (χ1v) is 8.15. The molecule has 0 saturated carbocycles. The molecule has 1 aliphatic heterocycles. The normalized spacial score (nSPS) is 13.7. The van der Waals surface area contributed by atoms with Crippen LogP contribution >= 0.6 is 0 Å². The Bertz CT molecular complexity index is 799. The van der Waals surface area contributed by atoms with E-state index < -0.39 is 0 Å². The van der Waals surface area contributed by atoms with Gasteiger partial charge in [-0.3, -0.25) is 14.5 Å². The average Bonchev–Trinajstić information content (AvgIpc) is 2.94. The van der Waals surface area contributed by atoms with Crippen LogP contribution in [-0.4, -0.2) is 29.3 Å². The molecule has 128 valence electrons. The number of nitrogens with one attached hydrogen (secondary N) is 2. The number of hydrogen-bond acceptors (Lipinski definition) is 3. The van der Waals surface area contributed by atoms with Crippen molar-refractivity contribution in [1.29, 1.82) is 0 Å². The second kappa shape index (κ2) is 7.17. The minimum atomic E-state index is -0.386. The van der Waals surface area contributed by atoms with Crippen LogP contribution in [0.3, 0.4) is 0 Å². The maximum atomic E-state index is 12.4. The summed E-state index contributed by atoms with van der Waals surface area (Å²) in [5.74, 6) is -0.439. The molecule has 0 aliphatic carbocycles. The fourth-order valence-electron chi connectivity index (χ4n) is 2.70. The molecule has 1 aliphatic rings. The summed E-state index contributed by atoms with van der Waals surface area (Å²) < 4.78 is 0. The van der Waals surface area contributed by atoms with E-state index in [1.54, 1.807) is 24.3 Å². The second-order valence-corrected chi connectivity index (χ2v) is 5.80. The topological polar surface area (TPSA) is 78.5 Å². The van der Waals surface area contributed by atoms with E-state index in [0.717, 1.165) is 28.1 Å². The summed E-state index contributed by atoms with van der Waals surface area (Å²) in [5.41, 5.74) is 3.19. The Morgan fingerprint density at radius 3 is 2.48 bits per heavy atom. The predicted molar refractivity (Wildman–Crippen MR) is 94.2 cm³/mol. The van der Waals surface area contributed by atoms with Crippen molar-refractivity contribution in [3.05, 3.63) is 65.2 Å². The van der Waals surface area contributed by atoms with Crippen molar-refractivity contribution in [3.8, 4) is 0 Å². The van der Waals surface area contributed by atoms with Gasteiger partial charge in [0.25, 0.3) is 5.91 Å².